The number of ether oxygens (including phenoxy) is 1. The fourth-order valence-corrected chi connectivity index (χ4v) is 3.08. The van der Waals surface area contributed by atoms with Crippen LogP contribution >= 0.6 is 15.9 Å². The minimum atomic E-state index is -0.748. The molecule has 168 valence electrons. The number of esters is 1. The predicted molar refractivity (Wildman–Crippen MR) is 126 cm³/mol. The molecular weight excluding hydrogens is 496 g/mol. The molecule has 0 amide bonds. The summed E-state index contributed by atoms with van der Waals surface area (Å²) in [5, 5.41) is 26.5. The number of halogens is 1. The first-order valence-corrected chi connectivity index (χ1v) is 10.3. The molecule has 0 saturated carbocycles. The van der Waals surface area contributed by atoms with Gasteiger partial charge < -0.3 is 4.74 Å². The molecule has 0 aliphatic carbocycles. The number of carbonyl (C=O) groups is 1. The van der Waals surface area contributed by atoms with Gasteiger partial charge in [0.2, 0.25) is 0 Å². The summed E-state index contributed by atoms with van der Waals surface area (Å²) >= 11 is 3.34. The number of aryl methyl sites for hydroxylation is 1. The minimum absolute atomic E-state index is 0.0507. The van der Waals surface area contributed by atoms with Gasteiger partial charge in [0.05, 0.1) is 21.5 Å². The van der Waals surface area contributed by atoms with Crippen molar-refractivity contribution >= 4 is 44.7 Å². The predicted octanol–water partition coefficient (Wildman–Crippen LogP) is 5.25. The highest BCUT2D eigenvalue weighted by atomic mass is 79.9. The van der Waals surface area contributed by atoms with Gasteiger partial charge in [0, 0.05) is 16.1 Å². The van der Waals surface area contributed by atoms with Crippen LogP contribution in [0.5, 0.6) is 0 Å². The Morgan fingerprint density at radius 2 is 1.73 bits per heavy atom. The number of hydrogen-bond acceptors (Lipinski definition) is 8. The van der Waals surface area contributed by atoms with Crippen LogP contribution in [0.1, 0.15) is 21.5 Å². The van der Waals surface area contributed by atoms with E-state index in [1.165, 1.54) is 6.07 Å². The number of hydrogen-bond donors (Lipinski definition) is 1. The van der Waals surface area contributed by atoms with Crippen molar-refractivity contribution < 1.29 is 19.4 Å². The number of nitro groups is 2. The summed E-state index contributed by atoms with van der Waals surface area (Å²) in [6.07, 6.45) is 0. The van der Waals surface area contributed by atoms with Crippen molar-refractivity contribution in [2.75, 3.05) is 12.0 Å². The van der Waals surface area contributed by atoms with Crippen LogP contribution in [-0.2, 0) is 4.74 Å². The van der Waals surface area contributed by atoms with Crippen molar-refractivity contribution in [2.45, 2.75) is 6.92 Å². The number of nitro benzene ring substituents is 2. The maximum atomic E-state index is 12.4. The van der Waals surface area contributed by atoms with E-state index in [1.807, 2.05) is 13.0 Å². The summed E-state index contributed by atoms with van der Waals surface area (Å²) in [4.78, 5) is 33.3. The van der Waals surface area contributed by atoms with E-state index in [0.717, 1.165) is 22.2 Å². The quantitative estimate of drug-likeness (QED) is 0.188. The smallest absolute Gasteiger partial charge is 0.338 e. The molecule has 11 heteroatoms. The molecule has 3 rings (SSSR count). The molecule has 1 N–H and O–H groups in total. The number of nitrogens with zero attached hydrogens (tertiary/aromatic N) is 3. The lowest BCUT2D eigenvalue weighted by Crippen LogP contribution is -2.17. The normalized spacial score (nSPS) is 11.0. The molecule has 0 aromatic heterocycles. The van der Waals surface area contributed by atoms with Crippen LogP contribution in [0.15, 0.2) is 76.3 Å². The SMILES string of the molecule is Cc1cccc(C(=O)OCC(=NNc2ccc([N+](=O)[O-])cc2[N+](=O)[O-])c2ccc(Br)cc2)c1. The van der Waals surface area contributed by atoms with E-state index in [1.54, 1.807) is 42.5 Å². The average Bonchev–Trinajstić information content (AvgIpc) is 2.79. The van der Waals surface area contributed by atoms with Gasteiger partial charge in [-0.25, -0.2) is 4.79 Å². The molecule has 3 aromatic rings. The number of rotatable bonds is 8. The Balaban J connectivity index is 1.88. The molecule has 0 aliphatic heterocycles. The maximum Gasteiger partial charge on any atom is 0.338 e. The minimum Gasteiger partial charge on any atom is -0.455 e. The van der Waals surface area contributed by atoms with Gasteiger partial charge in [-0.15, -0.1) is 0 Å². The zero-order valence-electron chi connectivity index (χ0n) is 17.2. The van der Waals surface area contributed by atoms with Crippen LogP contribution in [0.25, 0.3) is 0 Å². The second-order valence-electron chi connectivity index (χ2n) is 6.84. The van der Waals surface area contributed by atoms with Gasteiger partial charge in [-0.1, -0.05) is 45.8 Å². The Hall–Kier alpha value is -4.12. The summed E-state index contributed by atoms with van der Waals surface area (Å²) < 4.78 is 6.22. The second kappa shape index (κ2) is 10.5. The Morgan fingerprint density at radius 1 is 1.00 bits per heavy atom. The summed E-state index contributed by atoms with van der Waals surface area (Å²) in [5.74, 6) is -0.551. The Labute approximate surface area is 196 Å². The van der Waals surface area contributed by atoms with Crippen molar-refractivity contribution in [1.29, 1.82) is 0 Å². The highest BCUT2D eigenvalue weighted by Crippen LogP contribution is 2.29. The van der Waals surface area contributed by atoms with Crippen LogP contribution in [0.3, 0.4) is 0 Å². The molecule has 0 heterocycles. The molecular formula is C22H17BrN4O6. The number of anilines is 1. The average molecular weight is 513 g/mol. The first-order chi connectivity index (χ1) is 15.7. The van der Waals surface area contributed by atoms with Crippen molar-refractivity contribution in [1.82, 2.24) is 0 Å². The van der Waals surface area contributed by atoms with Gasteiger partial charge in [-0.2, -0.15) is 5.10 Å². The third-order valence-corrected chi connectivity index (χ3v) is 5.00. The number of hydrazone groups is 1. The van der Waals surface area contributed by atoms with Crippen molar-refractivity contribution in [2.24, 2.45) is 5.10 Å². The van der Waals surface area contributed by atoms with Crippen LogP contribution < -0.4 is 5.43 Å². The topological polar surface area (TPSA) is 137 Å². The molecule has 0 spiro atoms. The van der Waals surface area contributed by atoms with Crippen LogP contribution in [0.4, 0.5) is 17.1 Å². The Kier molecular flexibility index (Phi) is 7.46. The molecule has 10 nitrogen and oxygen atoms in total. The lowest BCUT2D eigenvalue weighted by molar-refractivity contribution is -0.393. The first-order valence-electron chi connectivity index (χ1n) is 9.49. The van der Waals surface area contributed by atoms with Crippen LogP contribution in [0.2, 0.25) is 0 Å². The van der Waals surface area contributed by atoms with Crippen molar-refractivity contribution in [3.8, 4) is 0 Å². The van der Waals surface area contributed by atoms with Gasteiger partial charge in [0.15, 0.2) is 0 Å². The van der Waals surface area contributed by atoms with E-state index in [4.69, 9.17) is 4.74 Å². The highest BCUT2D eigenvalue weighted by Gasteiger charge is 2.20. The van der Waals surface area contributed by atoms with E-state index in [-0.39, 0.29) is 18.0 Å². The lowest BCUT2D eigenvalue weighted by Gasteiger charge is -2.10. The van der Waals surface area contributed by atoms with Gasteiger partial charge >= 0.3 is 11.7 Å². The lowest BCUT2D eigenvalue weighted by atomic mass is 10.1. The monoisotopic (exact) mass is 512 g/mol. The molecule has 0 unspecified atom stereocenters. The zero-order valence-corrected chi connectivity index (χ0v) is 18.8. The van der Waals surface area contributed by atoms with E-state index >= 15 is 0 Å². The number of benzene rings is 3. The van der Waals surface area contributed by atoms with E-state index in [9.17, 15) is 25.0 Å². The van der Waals surface area contributed by atoms with E-state index < -0.39 is 27.2 Å². The molecule has 0 bridgehead atoms. The van der Waals surface area contributed by atoms with Gasteiger partial charge in [0.25, 0.3) is 5.69 Å². The highest BCUT2D eigenvalue weighted by molar-refractivity contribution is 9.10. The fourth-order valence-electron chi connectivity index (χ4n) is 2.82. The van der Waals surface area contributed by atoms with E-state index in [0.29, 0.717) is 11.1 Å². The largest absolute Gasteiger partial charge is 0.455 e. The third kappa shape index (κ3) is 6.20. The zero-order chi connectivity index (χ0) is 24.0. The third-order valence-electron chi connectivity index (χ3n) is 4.47. The van der Waals surface area contributed by atoms with Gasteiger partial charge in [-0.3, -0.25) is 25.7 Å². The molecule has 33 heavy (non-hydrogen) atoms. The second-order valence-corrected chi connectivity index (χ2v) is 7.75. The van der Waals surface area contributed by atoms with Crippen molar-refractivity contribution in [3.05, 3.63) is 108 Å². The number of carbonyl (C=O) groups excluding carboxylic acids is 1. The summed E-state index contributed by atoms with van der Waals surface area (Å²) in [6.45, 7) is 1.63. The van der Waals surface area contributed by atoms with Crippen LogP contribution in [-0.4, -0.2) is 28.1 Å². The molecule has 0 radical (unpaired) electrons. The van der Waals surface area contributed by atoms with Crippen molar-refractivity contribution in [3.63, 3.8) is 0 Å². The standard InChI is InChI=1S/C22H17BrN4O6/c1-14-3-2-4-16(11-14)22(28)33-13-20(15-5-7-17(23)8-6-15)25-24-19-10-9-18(26(29)30)12-21(19)27(31)32/h2-12,24H,13H2,1H3. The van der Waals surface area contributed by atoms with E-state index in [2.05, 4.69) is 26.5 Å². The molecule has 3 aromatic carbocycles. The number of non-ortho nitro benzene ring substituents is 1. The molecule has 0 aliphatic rings. The first kappa shape index (κ1) is 23.5. The molecule has 0 saturated heterocycles. The van der Waals surface area contributed by atoms with Gasteiger partial charge in [0.1, 0.15) is 18.0 Å². The maximum absolute atomic E-state index is 12.4. The van der Waals surface area contributed by atoms with Crippen LogP contribution in [0, 0.1) is 27.2 Å². The van der Waals surface area contributed by atoms with Gasteiger partial charge in [-0.05, 0) is 37.3 Å². The Bertz CT molecular complexity index is 1240. The molecule has 0 fully saturated rings. The summed E-state index contributed by atoms with van der Waals surface area (Å²) in [7, 11) is 0. The summed E-state index contributed by atoms with van der Waals surface area (Å²) in [5.41, 5.74) is 3.75. The number of nitrogens with one attached hydrogen (secondary N) is 1. The Morgan fingerprint density at radius 3 is 2.36 bits per heavy atom. The molecule has 0 atom stereocenters. The fraction of sp³-hybridized carbons (Fsp3) is 0.0909. The summed E-state index contributed by atoms with van der Waals surface area (Å²) in [6, 6.07) is 17.1.